The van der Waals surface area contributed by atoms with Crippen molar-refractivity contribution in [1.29, 1.82) is 0 Å². The zero-order valence-corrected chi connectivity index (χ0v) is 37.8. The van der Waals surface area contributed by atoms with Gasteiger partial charge in [0, 0.05) is 28.8 Å². The molecule has 2 heterocycles. The number of carboxylic acid groups (broad SMARTS) is 1. The molecule has 0 aliphatic carbocycles. The van der Waals surface area contributed by atoms with Crippen molar-refractivity contribution < 1.29 is 53.4 Å². The number of aromatic carboxylic acids is 1. The quantitative estimate of drug-likeness (QED) is 0.0310. The van der Waals surface area contributed by atoms with Crippen LogP contribution in [0.15, 0.2) is 84.9 Å². The minimum absolute atomic E-state index is 0.0904. The van der Waals surface area contributed by atoms with Crippen LogP contribution >= 0.6 is 67.8 Å². The number of hydrogen-bond donors (Lipinski definition) is 7. The Labute approximate surface area is 384 Å². The molecule has 2 aliphatic rings. The lowest BCUT2D eigenvalue weighted by Crippen LogP contribution is -2.36. The van der Waals surface area contributed by atoms with Gasteiger partial charge >= 0.3 is 17.9 Å². The molecular weight excluding hydrogens is 1120 g/mol. The van der Waals surface area contributed by atoms with Crippen LogP contribution in [0.4, 0.5) is 0 Å². The smallest absolute Gasteiger partial charge is 0.341 e. The minimum Gasteiger partial charge on any atom is -0.508 e. The number of primary amides is 1. The summed E-state index contributed by atoms with van der Waals surface area (Å²) in [5.41, 5.74) is 21.7. The van der Waals surface area contributed by atoms with Crippen LogP contribution in [0.1, 0.15) is 62.2 Å². The molecule has 312 valence electrons. The average molecular weight is 1150 g/mol. The van der Waals surface area contributed by atoms with Gasteiger partial charge in [-0.2, -0.15) is 0 Å². The van der Waals surface area contributed by atoms with Gasteiger partial charge in [0.25, 0.3) is 0 Å². The van der Waals surface area contributed by atoms with Gasteiger partial charge < -0.3 is 57.2 Å². The monoisotopic (exact) mass is 1150 g/mol. The molecule has 15 nitrogen and oxygen atoms in total. The van der Waals surface area contributed by atoms with Crippen LogP contribution < -0.4 is 37.1 Å². The van der Waals surface area contributed by atoms with Crippen LogP contribution in [0, 0.1) is 10.7 Å². The van der Waals surface area contributed by atoms with Crippen LogP contribution in [-0.2, 0) is 26.3 Å². The zero-order chi connectivity index (χ0) is 43.5. The molecule has 18 heteroatoms. The highest BCUT2D eigenvalue weighted by atomic mass is 127. The number of nitrogens with two attached hydrogens (primary N) is 4. The van der Waals surface area contributed by atoms with Crippen molar-refractivity contribution in [1.82, 2.24) is 0 Å². The number of carbonyl (C=O) groups is 4. The molecule has 5 aromatic carbocycles. The van der Waals surface area contributed by atoms with E-state index in [0.29, 0.717) is 44.7 Å². The van der Waals surface area contributed by atoms with Crippen molar-refractivity contribution in [2.24, 2.45) is 22.9 Å². The molecule has 1 unspecified atom stereocenters. The number of ether oxygens (including phenoxy) is 4. The number of esters is 2. The topological polar surface area (TPSA) is 270 Å². The Morgan fingerprint density at radius 1 is 0.783 bits per heavy atom. The second kappa shape index (κ2) is 18.9. The van der Waals surface area contributed by atoms with Gasteiger partial charge in [0.2, 0.25) is 5.91 Å². The number of fused-ring (bicyclic) bond motifs is 6. The number of aromatic hydroxyl groups is 2. The maximum Gasteiger partial charge on any atom is 0.341 e. The summed E-state index contributed by atoms with van der Waals surface area (Å²) < 4.78 is 26.2. The Kier molecular flexibility index (Phi) is 14.1. The summed E-state index contributed by atoms with van der Waals surface area (Å²) in [4.78, 5) is 48.9. The highest BCUT2D eigenvalue weighted by molar-refractivity contribution is 14.1. The van der Waals surface area contributed by atoms with Crippen LogP contribution in [0.2, 0.25) is 0 Å². The standard InChI is InChI=1S/C36H22I3NO10.C6H15N3O/c37-24-14-18(6-9-28(24)42)47-32-25(38)10-16(11-26(32)39)12-27(40)34(45)48-19-5-8-22-30(15-19)49-29-13-17(41)4-7-21(29)36(22)23-3-1-2-20(33(43)44)31(23)35(46)50-36;7-4-2-1-3-5(8)6(9)10/h1-11,13-15,27,41-42H,12,40H2,(H,43,44);5H,1-4,7-8H2,(H2,9,10)/t27-,36?;5-/m00/s1. The van der Waals surface area contributed by atoms with Gasteiger partial charge in [0.1, 0.15) is 40.5 Å². The maximum atomic E-state index is 13.3. The number of hydrogen-bond acceptors (Lipinski definition) is 13. The fourth-order valence-electron chi connectivity index (χ4n) is 6.66. The van der Waals surface area contributed by atoms with E-state index in [2.05, 4.69) is 45.2 Å². The van der Waals surface area contributed by atoms with Gasteiger partial charge in [-0.05, 0) is 160 Å². The molecule has 3 atom stereocenters. The number of carboxylic acids is 1. The molecule has 0 saturated heterocycles. The normalized spacial score (nSPS) is 15.5. The largest absolute Gasteiger partial charge is 0.508 e. The van der Waals surface area contributed by atoms with E-state index in [1.807, 2.05) is 34.7 Å². The number of halogens is 3. The molecule has 7 rings (SSSR count). The number of amides is 1. The van der Waals surface area contributed by atoms with Gasteiger partial charge in [-0.15, -0.1) is 0 Å². The lowest BCUT2D eigenvalue weighted by Gasteiger charge is -2.36. The predicted molar refractivity (Wildman–Crippen MR) is 243 cm³/mol. The minimum atomic E-state index is -1.60. The van der Waals surface area contributed by atoms with Crippen molar-refractivity contribution >= 4 is 91.6 Å². The van der Waals surface area contributed by atoms with Crippen LogP contribution in [0.5, 0.6) is 40.2 Å². The average Bonchev–Trinajstić information content (AvgIpc) is 3.49. The van der Waals surface area contributed by atoms with Gasteiger partial charge in [-0.1, -0.05) is 18.6 Å². The number of unbranched alkanes of at least 4 members (excludes halogenated alkanes) is 1. The fraction of sp³-hybridized carbons (Fsp3) is 0.190. The van der Waals surface area contributed by atoms with E-state index >= 15 is 0 Å². The maximum absolute atomic E-state index is 13.3. The first-order chi connectivity index (χ1) is 28.5. The third-order valence-corrected chi connectivity index (χ3v) is 12.0. The molecule has 60 heavy (non-hydrogen) atoms. The molecule has 2 aliphatic heterocycles. The fourth-order valence-corrected chi connectivity index (χ4v) is 9.26. The highest BCUT2D eigenvalue weighted by Gasteiger charge is 2.54. The first-order valence-electron chi connectivity index (χ1n) is 18.2. The van der Waals surface area contributed by atoms with E-state index in [1.165, 1.54) is 36.4 Å². The van der Waals surface area contributed by atoms with E-state index in [0.717, 1.165) is 25.5 Å². The van der Waals surface area contributed by atoms with Crippen molar-refractivity contribution in [2.45, 2.75) is 43.4 Å². The Hall–Kier alpha value is -4.75. The zero-order valence-electron chi connectivity index (χ0n) is 31.3. The Morgan fingerprint density at radius 2 is 1.45 bits per heavy atom. The van der Waals surface area contributed by atoms with Gasteiger partial charge in [0.05, 0.1) is 27.9 Å². The summed E-state index contributed by atoms with van der Waals surface area (Å²) in [6, 6.07) is 20.5. The van der Waals surface area contributed by atoms with Gasteiger partial charge in [-0.25, -0.2) is 14.4 Å². The summed E-state index contributed by atoms with van der Waals surface area (Å²) in [5.74, 6) is -1.59. The second-order valence-corrected chi connectivity index (χ2v) is 17.2. The van der Waals surface area contributed by atoms with Crippen molar-refractivity contribution in [2.75, 3.05) is 6.54 Å². The Morgan fingerprint density at radius 3 is 2.10 bits per heavy atom. The molecule has 0 radical (unpaired) electrons. The Balaban J connectivity index is 0.000000537. The summed E-state index contributed by atoms with van der Waals surface area (Å²) in [5, 5.41) is 29.9. The third-order valence-electron chi connectivity index (χ3n) is 9.53. The first kappa shape index (κ1) is 44.8. The summed E-state index contributed by atoms with van der Waals surface area (Å²) in [7, 11) is 0. The molecule has 1 amide bonds. The van der Waals surface area contributed by atoms with Crippen LogP contribution in [0.25, 0.3) is 0 Å². The summed E-state index contributed by atoms with van der Waals surface area (Å²) in [6.45, 7) is 0.644. The number of phenolic OH excluding ortho intramolecular Hbond substituents is 2. The number of carbonyl (C=O) groups excluding carboxylic acids is 3. The van der Waals surface area contributed by atoms with Gasteiger partial charge in [0.15, 0.2) is 11.4 Å². The molecule has 11 N–H and O–H groups in total. The van der Waals surface area contributed by atoms with Gasteiger partial charge in [-0.3, -0.25) is 4.79 Å². The lowest BCUT2D eigenvalue weighted by atomic mass is 9.77. The van der Waals surface area contributed by atoms with Crippen LogP contribution in [0.3, 0.4) is 0 Å². The molecule has 0 aromatic heterocycles. The third kappa shape index (κ3) is 9.42. The predicted octanol–water partition coefficient (Wildman–Crippen LogP) is 6.37. The van der Waals surface area contributed by atoms with E-state index in [1.54, 1.807) is 36.4 Å². The molecule has 1 spiro atoms. The molecular formula is C42H37I3N4O11. The summed E-state index contributed by atoms with van der Waals surface area (Å²) >= 11 is 6.32. The number of rotatable bonds is 12. The highest BCUT2D eigenvalue weighted by Crippen LogP contribution is 2.57. The van der Waals surface area contributed by atoms with E-state index in [4.69, 9.17) is 41.9 Å². The number of benzene rings is 5. The van der Waals surface area contributed by atoms with Crippen LogP contribution in [-0.4, -0.2) is 57.8 Å². The molecule has 0 bridgehead atoms. The lowest BCUT2D eigenvalue weighted by molar-refractivity contribution is -0.135. The van der Waals surface area contributed by atoms with Crippen molar-refractivity contribution in [3.05, 3.63) is 129 Å². The SMILES string of the molecule is NCCCC[C@H](N)C(N)=O.N[C@@H](Cc1cc(I)c(Oc2ccc(O)c(I)c2)c(I)c1)C(=O)Oc1ccc2c(c1)Oc1cc(O)ccc1C21OC(=O)c2c(C(=O)O)cccc21. The molecule has 5 aromatic rings. The molecule has 0 fully saturated rings. The van der Waals surface area contributed by atoms with Crippen molar-refractivity contribution in [3.63, 3.8) is 0 Å². The molecule has 0 saturated carbocycles. The number of phenols is 2. The summed E-state index contributed by atoms with van der Waals surface area (Å²) in [6.07, 6.45) is 2.59. The van der Waals surface area contributed by atoms with E-state index < -0.39 is 41.5 Å². The van der Waals surface area contributed by atoms with E-state index in [9.17, 15) is 34.5 Å². The Bertz CT molecular complexity index is 2500. The first-order valence-corrected chi connectivity index (χ1v) is 21.4. The van der Waals surface area contributed by atoms with Crippen molar-refractivity contribution in [3.8, 4) is 40.2 Å². The second-order valence-electron chi connectivity index (χ2n) is 13.7. The van der Waals surface area contributed by atoms with E-state index in [-0.39, 0.29) is 46.3 Å².